The molecule has 2 amide bonds. The maximum Gasteiger partial charge on any atom is 0.290 e. The highest BCUT2D eigenvalue weighted by molar-refractivity contribution is 6.05. The van der Waals surface area contributed by atoms with E-state index in [0.29, 0.717) is 16.3 Å². The molecule has 7 heteroatoms. The van der Waals surface area contributed by atoms with E-state index in [1.165, 1.54) is 0 Å². The van der Waals surface area contributed by atoms with E-state index < -0.39 is 11.8 Å². The van der Waals surface area contributed by atoms with Crippen LogP contribution in [-0.4, -0.2) is 22.0 Å². The molecule has 0 bridgehead atoms. The van der Waals surface area contributed by atoms with Gasteiger partial charge in [-0.2, -0.15) is 5.10 Å². The molecule has 2 aromatic carbocycles. The van der Waals surface area contributed by atoms with Gasteiger partial charge in [-0.15, -0.1) is 0 Å². The van der Waals surface area contributed by atoms with Crippen molar-refractivity contribution in [3.63, 3.8) is 0 Å². The molecule has 114 valence electrons. The summed E-state index contributed by atoms with van der Waals surface area (Å²) < 4.78 is 0. The normalized spacial score (nSPS) is 10.3. The molecule has 0 aliphatic heterocycles. The van der Waals surface area contributed by atoms with Gasteiger partial charge in [-0.25, -0.2) is 5.10 Å². The molecule has 0 unspecified atom stereocenters. The lowest BCUT2D eigenvalue weighted by Crippen LogP contribution is -2.42. The molecule has 0 aliphatic carbocycles. The van der Waals surface area contributed by atoms with Gasteiger partial charge in [0.15, 0.2) is 5.69 Å². The molecule has 0 radical (unpaired) electrons. The van der Waals surface area contributed by atoms with E-state index in [0.717, 1.165) is 0 Å². The standard InChI is InChI=1S/C16H12N4O3/c21-14(10-6-2-1-3-7-10)18-20-16(23)13-11-8-4-5-9-12(11)15(22)19-17-13/h1-9H,(H,18,21)(H,19,22)(H,20,23). The zero-order valence-corrected chi connectivity index (χ0v) is 11.9. The molecule has 1 aromatic heterocycles. The van der Waals surface area contributed by atoms with Crippen molar-refractivity contribution in [1.29, 1.82) is 0 Å². The Balaban J connectivity index is 1.81. The van der Waals surface area contributed by atoms with Crippen LogP contribution in [0.4, 0.5) is 0 Å². The molecule has 7 nitrogen and oxygen atoms in total. The van der Waals surface area contributed by atoms with Crippen molar-refractivity contribution in [2.24, 2.45) is 0 Å². The highest BCUT2D eigenvalue weighted by atomic mass is 16.2. The van der Waals surface area contributed by atoms with Gasteiger partial charge >= 0.3 is 0 Å². The summed E-state index contributed by atoms with van der Waals surface area (Å²) in [6.07, 6.45) is 0. The Bertz CT molecular complexity index is 935. The second-order valence-corrected chi connectivity index (χ2v) is 4.72. The Kier molecular flexibility index (Phi) is 3.84. The zero-order chi connectivity index (χ0) is 16.2. The Morgan fingerprint density at radius 1 is 0.826 bits per heavy atom. The molecule has 1 heterocycles. The number of aromatic amines is 1. The summed E-state index contributed by atoms with van der Waals surface area (Å²) in [7, 11) is 0. The van der Waals surface area contributed by atoms with Crippen LogP contribution < -0.4 is 16.4 Å². The molecule has 0 aliphatic rings. The van der Waals surface area contributed by atoms with Gasteiger partial charge < -0.3 is 0 Å². The predicted octanol–water partition coefficient (Wildman–Crippen LogP) is 0.998. The largest absolute Gasteiger partial charge is 0.290 e. The number of fused-ring (bicyclic) bond motifs is 1. The summed E-state index contributed by atoms with van der Waals surface area (Å²) in [6.45, 7) is 0. The number of hydrazine groups is 1. The number of amides is 2. The SMILES string of the molecule is O=C(NNC(=O)c1n[nH]c(=O)c2ccccc12)c1ccccc1. The predicted molar refractivity (Wildman–Crippen MR) is 83.7 cm³/mol. The fraction of sp³-hybridized carbons (Fsp3) is 0. The topological polar surface area (TPSA) is 104 Å². The van der Waals surface area contributed by atoms with E-state index in [2.05, 4.69) is 21.0 Å². The molecule has 0 spiro atoms. The van der Waals surface area contributed by atoms with Crippen LogP contribution >= 0.6 is 0 Å². The van der Waals surface area contributed by atoms with Crippen LogP contribution in [0.3, 0.4) is 0 Å². The Morgan fingerprint density at radius 3 is 2.17 bits per heavy atom. The molecule has 0 saturated carbocycles. The minimum atomic E-state index is -0.623. The number of rotatable bonds is 2. The number of carbonyl (C=O) groups excluding carboxylic acids is 2. The summed E-state index contributed by atoms with van der Waals surface area (Å²) in [6, 6.07) is 15.1. The van der Waals surface area contributed by atoms with Crippen LogP contribution in [0.15, 0.2) is 59.4 Å². The quantitative estimate of drug-likeness (QED) is 0.614. The zero-order valence-electron chi connectivity index (χ0n) is 11.9. The second-order valence-electron chi connectivity index (χ2n) is 4.72. The minimum Gasteiger partial charge on any atom is -0.267 e. The van der Waals surface area contributed by atoms with Crippen LogP contribution in [0.5, 0.6) is 0 Å². The van der Waals surface area contributed by atoms with E-state index in [-0.39, 0.29) is 11.3 Å². The lowest BCUT2D eigenvalue weighted by molar-refractivity contribution is 0.0844. The lowest BCUT2D eigenvalue weighted by Gasteiger charge is -2.08. The number of benzene rings is 2. The van der Waals surface area contributed by atoms with Gasteiger partial charge in [-0.05, 0) is 18.2 Å². The molecular formula is C16H12N4O3. The van der Waals surface area contributed by atoms with Crippen molar-refractivity contribution in [3.8, 4) is 0 Å². The van der Waals surface area contributed by atoms with Crippen molar-refractivity contribution in [2.75, 3.05) is 0 Å². The van der Waals surface area contributed by atoms with E-state index in [1.807, 2.05) is 0 Å². The first-order chi connectivity index (χ1) is 11.2. The van der Waals surface area contributed by atoms with Crippen molar-refractivity contribution < 1.29 is 9.59 Å². The third-order valence-electron chi connectivity index (χ3n) is 3.24. The maximum atomic E-state index is 12.2. The average molecular weight is 308 g/mol. The van der Waals surface area contributed by atoms with Crippen LogP contribution in [-0.2, 0) is 0 Å². The molecule has 3 aromatic rings. The molecule has 0 fully saturated rings. The minimum absolute atomic E-state index is 0.0218. The van der Waals surface area contributed by atoms with Crippen LogP contribution in [0.2, 0.25) is 0 Å². The molecule has 0 atom stereocenters. The molecule has 23 heavy (non-hydrogen) atoms. The van der Waals surface area contributed by atoms with E-state index in [9.17, 15) is 14.4 Å². The van der Waals surface area contributed by atoms with Crippen LogP contribution in [0, 0.1) is 0 Å². The van der Waals surface area contributed by atoms with Crippen molar-refractivity contribution >= 4 is 22.6 Å². The fourth-order valence-corrected chi connectivity index (χ4v) is 2.12. The first kappa shape index (κ1) is 14.5. The van der Waals surface area contributed by atoms with Gasteiger partial charge in [0.2, 0.25) is 0 Å². The van der Waals surface area contributed by atoms with Gasteiger partial charge in [0.05, 0.1) is 5.39 Å². The van der Waals surface area contributed by atoms with Crippen LogP contribution in [0.1, 0.15) is 20.8 Å². The van der Waals surface area contributed by atoms with Gasteiger partial charge in [0, 0.05) is 10.9 Å². The number of nitrogens with one attached hydrogen (secondary N) is 3. The summed E-state index contributed by atoms with van der Waals surface area (Å²) in [5, 5.41) is 6.77. The highest BCUT2D eigenvalue weighted by Crippen LogP contribution is 2.11. The molecular weight excluding hydrogens is 296 g/mol. The van der Waals surface area contributed by atoms with Gasteiger partial charge in [-0.1, -0.05) is 36.4 Å². The average Bonchev–Trinajstić information content (AvgIpc) is 2.60. The Hall–Kier alpha value is -3.48. The monoisotopic (exact) mass is 308 g/mol. The number of carbonyl (C=O) groups is 2. The fourth-order valence-electron chi connectivity index (χ4n) is 2.12. The van der Waals surface area contributed by atoms with Crippen molar-refractivity contribution in [3.05, 3.63) is 76.2 Å². The van der Waals surface area contributed by atoms with Crippen molar-refractivity contribution in [1.82, 2.24) is 21.0 Å². The number of H-pyrrole nitrogens is 1. The van der Waals surface area contributed by atoms with E-state index in [4.69, 9.17) is 0 Å². The second kappa shape index (κ2) is 6.10. The number of hydrogen-bond donors (Lipinski definition) is 3. The summed E-state index contributed by atoms with van der Waals surface area (Å²) in [4.78, 5) is 35.8. The lowest BCUT2D eigenvalue weighted by atomic mass is 10.1. The summed E-state index contributed by atoms with van der Waals surface area (Å²) >= 11 is 0. The van der Waals surface area contributed by atoms with Crippen LogP contribution in [0.25, 0.3) is 10.8 Å². The third-order valence-corrected chi connectivity index (χ3v) is 3.24. The van der Waals surface area contributed by atoms with E-state index >= 15 is 0 Å². The summed E-state index contributed by atoms with van der Waals surface area (Å²) in [5.74, 6) is -1.07. The Labute approximate surface area is 130 Å². The molecule has 3 rings (SSSR count). The van der Waals surface area contributed by atoms with Gasteiger partial charge in [0.25, 0.3) is 17.4 Å². The molecule has 3 N–H and O–H groups in total. The first-order valence-electron chi connectivity index (χ1n) is 6.80. The number of aromatic nitrogens is 2. The van der Waals surface area contributed by atoms with Gasteiger partial charge in [0.1, 0.15) is 0 Å². The van der Waals surface area contributed by atoms with Crippen molar-refractivity contribution in [2.45, 2.75) is 0 Å². The third kappa shape index (κ3) is 2.93. The Morgan fingerprint density at radius 2 is 1.43 bits per heavy atom. The maximum absolute atomic E-state index is 12.2. The van der Waals surface area contributed by atoms with E-state index in [1.54, 1.807) is 54.6 Å². The van der Waals surface area contributed by atoms with Gasteiger partial charge in [-0.3, -0.25) is 25.2 Å². The number of hydrogen-bond acceptors (Lipinski definition) is 4. The number of nitrogens with zero attached hydrogens (tertiary/aromatic N) is 1. The highest BCUT2D eigenvalue weighted by Gasteiger charge is 2.14. The molecule has 0 saturated heterocycles. The summed E-state index contributed by atoms with van der Waals surface area (Å²) in [5.41, 5.74) is 4.64. The first-order valence-corrected chi connectivity index (χ1v) is 6.80. The smallest absolute Gasteiger partial charge is 0.267 e.